The third-order valence-corrected chi connectivity index (χ3v) is 3.11. The number of rotatable bonds is 6. The molecule has 1 aromatic heterocycles. The molecule has 0 aliphatic heterocycles. The fourth-order valence-electron chi connectivity index (χ4n) is 1.96. The monoisotopic (exact) mass is 336 g/mol. The van der Waals surface area contributed by atoms with Crippen LogP contribution in [0.15, 0.2) is 41.3 Å². The van der Waals surface area contributed by atoms with Crippen molar-refractivity contribution in [2.45, 2.75) is 6.54 Å². The fraction of sp³-hybridized carbons (Fsp3) is 0.200. The first kappa shape index (κ1) is 17.1. The first-order chi connectivity index (χ1) is 11.4. The lowest BCUT2D eigenvalue weighted by molar-refractivity contribution is -0.385. The number of para-hydroxylation sites is 1. The number of hydrogen-bond donors (Lipinski definition) is 0. The second-order valence-corrected chi connectivity index (χ2v) is 4.64. The maximum atomic E-state index is 13.4. The molecule has 2 aromatic rings. The molecular weight excluding hydrogens is 323 g/mol. The van der Waals surface area contributed by atoms with Crippen LogP contribution in [0.3, 0.4) is 0 Å². The molecule has 0 aliphatic rings. The van der Waals surface area contributed by atoms with Crippen LogP contribution in [0.25, 0.3) is 0 Å². The van der Waals surface area contributed by atoms with Crippen LogP contribution in [0.2, 0.25) is 0 Å². The molecule has 0 spiro atoms. The van der Waals surface area contributed by atoms with Gasteiger partial charge in [0.25, 0.3) is 11.2 Å². The van der Waals surface area contributed by atoms with Gasteiger partial charge in [0.15, 0.2) is 11.6 Å². The molecule has 0 bridgehead atoms. The van der Waals surface area contributed by atoms with Gasteiger partial charge in [-0.2, -0.15) is 0 Å². The van der Waals surface area contributed by atoms with E-state index in [4.69, 9.17) is 4.74 Å². The molecule has 0 unspecified atom stereocenters. The van der Waals surface area contributed by atoms with Gasteiger partial charge < -0.3 is 14.0 Å². The van der Waals surface area contributed by atoms with Gasteiger partial charge in [0.2, 0.25) is 0 Å². The Hall–Kier alpha value is -3.23. The summed E-state index contributed by atoms with van der Waals surface area (Å²) in [4.78, 5) is 33.9. The SMILES string of the molecule is COC(=O)c1cc([N+](=O)[O-])cn(CCOc2ccccc2F)c1=O. The van der Waals surface area contributed by atoms with Gasteiger partial charge in [-0.1, -0.05) is 12.1 Å². The number of carbonyl (C=O) groups excluding carboxylic acids is 1. The molecular formula is C15H13FN2O6. The van der Waals surface area contributed by atoms with Gasteiger partial charge >= 0.3 is 5.97 Å². The molecule has 0 amide bonds. The molecule has 0 radical (unpaired) electrons. The van der Waals surface area contributed by atoms with Crippen LogP contribution in [0.1, 0.15) is 10.4 Å². The third-order valence-electron chi connectivity index (χ3n) is 3.11. The van der Waals surface area contributed by atoms with Crippen LogP contribution in [0, 0.1) is 15.9 Å². The van der Waals surface area contributed by atoms with E-state index in [1.807, 2.05) is 0 Å². The zero-order valence-corrected chi connectivity index (χ0v) is 12.6. The molecule has 24 heavy (non-hydrogen) atoms. The molecule has 126 valence electrons. The topological polar surface area (TPSA) is 101 Å². The van der Waals surface area contributed by atoms with Crippen LogP contribution in [-0.4, -0.2) is 29.2 Å². The zero-order chi connectivity index (χ0) is 17.7. The van der Waals surface area contributed by atoms with Gasteiger partial charge in [0, 0.05) is 6.07 Å². The Morgan fingerprint density at radius 3 is 2.71 bits per heavy atom. The molecule has 0 saturated carbocycles. The van der Waals surface area contributed by atoms with Gasteiger partial charge in [0.05, 0.1) is 24.8 Å². The smallest absolute Gasteiger partial charge is 0.343 e. The van der Waals surface area contributed by atoms with Crippen LogP contribution < -0.4 is 10.3 Å². The number of carbonyl (C=O) groups is 1. The van der Waals surface area contributed by atoms with Crippen molar-refractivity contribution in [3.05, 3.63) is 68.4 Å². The second-order valence-electron chi connectivity index (χ2n) is 4.64. The molecule has 0 fully saturated rings. The fourth-order valence-corrected chi connectivity index (χ4v) is 1.96. The van der Waals surface area contributed by atoms with Crippen LogP contribution in [0.5, 0.6) is 5.75 Å². The summed E-state index contributed by atoms with van der Waals surface area (Å²) in [7, 11) is 1.06. The molecule has 1 aromatic carbocycles. The average Bonchev–Trinajstić information content (AvgIpc) is 2.57. The molecule has 0 atom stereocenters. The van der Waals surface area contributed by atoms with Crippen molar-refractivity contribution in [3.8, 4) is 5.75 Å². The number of esters is 1. The Morgan fingerprint density at radius 2 is 2.08 bits per heavy atom. The average molecular weight is 336 g/mol. The standard InChI is InChI=1S/C15H13FN2O6/c1-23-15(20)11-8-10(18(21)22)9-17(14(11)19)6-7-24-13-5-3-2-4-12(13)16/h2-5,8-9H,6-7H2,1H3. The number of aromatic nitrogens is 1. The first-order valence-corrected chi connectivity index (χ1v) is 6.78. The van der Waals surface area contributed by atoms with Crippen molar-refractivity contribution >= 4 is 11.7 Å². The summed E-state index contributed by atoms with van der Waals surface area (Å²) in [6.07, 6.45) is 0.986. The van der Waals surface area contributed by atoms with Gasteiger partial charge in [0.1, 0.15) is 12.2 Å². The molecule has 0 N–H and O–H groups in total. The quantitative estimate of drug-likeness (QED) is 0.453. The van der Waals surface area contributed by atoms with E-state index in [2.05, 4.69) is 4.74 Å². The van der Waals surface area contributed by atoms with Gasteiger partial charge in [-0.05, 0) is 12.1 Å². The van der Waals surface area contributed by atoms with E-state index in [0.717, 1.165) is 23.9 Å². The molecule has 9 heteroatoms. The summed E-state index contributed by atoms with van der Waals surface area (Å²) in [5, 5.41) is 10.9. The lowest BCUT2D eigenvalue weighted by Crippen LogP contribution is -2.29. The molecule has 8 nitrogen and oxygen atoms in total. The number of benzene rings is 1. The van der Waals surface area contributed by atoms with Crippen molar-refractivity contribution in [1.82, 2.24) is 4.57 Å². The van der Waals surface area contributed by atoms with Crippen LogP contribution in [-0.2, 0) is 11.3 Å². The molecule has 0 aliphatic carbocycles. The number of nitrogens with zero attached hydrogens (tertiary/aromatic N) is 2. The summed E-state index contributed by atoms with van der Waals surface area (Å²) in [5.41, 5.74) is -1.66. The Bertz CT molecular complexity index is 833. The number of hydrogen-bond acceptors (Lipinski definition) is 6. The summed E-state index contributed by atoms with van der Waals surface area (Å²) >= 11 is 0. The Morgan fingerprint density at radius 1 is 1.38 bits per heavy atom. The minimum absolute atomic E-state index is 0.0100. The highest BCUT2D eigenvalue weighted by atomic mass is 19.1. The van der Waals surface area contributed by atoms with Crippen LogP contribution in [0.4, 0.5) is 10.1 Å². The predicted molar refractivity (Wildman–Crippen MR) is 80.6 cm³/mol. The van der Waals surface area contributed by atoms with E-state index < -0.39 is 33.5 Å². The number of halogens is 1. The molecule has 1 heterocycles. The highest BCUT2D eigenvalue weighted by molar-refractivity contribution is 5.89. The second kappa shape index (κ2) is 7.36. The van der Waals surface area contributed by atoms with Crippen molar-refractivity contribution in [2.24, 2.45) is 0 Å². The minimum atomic E-state index is -0.979. The minimum Gasteiger partial charge on any atom is -0.489 e. The zero-order valence-electron chi connectivity index (χ0n) is 12.6. The van der Waals surface area contributed by atoms with Crippen molar-refractivity contribution in [1.29, 1.82) is 0 Å². The van der Waals surface area contributed by atoms with Gasteiger partial charge in [-0.15, -0.1) is 0 Å². The van der Waals surface area contributed by atoms with Gasteiger partial charge in [-0.25, -0.2) is 9.18 Å². The van der Waals surface area contributed by atoms with E-state index in [9.17, 15) is 24.1 Å². The number of nitro groups is 1. The Labute approximate surface area is 135 Å². The summed E-state index contributed by atoms with van der Waals surface area (Å²) in [6.45, 7) is -0.235. The van der Waals surface area contributed by atoms with Gasteiger partial charge in [-0.3, -0.25) is 14.9 Å². The third kappa shape index (κ3) is 3.75. The number of methoxy groups -OCH3 is 1. The normalized spacial score (nSPS) is 10.2. The lowest BCUT2D eigenvalue weighted by Gasteiger charge is -2.10. The van der Waals surface area contributed by atoms with E-state index in [-0.39, 0.29) is 18.9 Å². The first-order valence-electron chi connectivity index (χ1n) is 6.78. The van der Waals surface area contributed by atoms with Crippen molar-refractivity contribution < 1.29 is 23.6 Å². The predicted octanol–water partition coefficient (Wildman–Crippen LogP) is 1.76. The Balaban J connectivity index is 2.24. The van der Waals surface area contributed by atoms with E-state index >= 15 is 0 Å². The van der Waals surface area contributed by atoms with E-state index in [1.54, 1.807) is 6.07 Å². The maximum Gasteiger partial charge on any atom is 0.343 e. The van der Waals surface area contributed by atoms with Crippen molar-refractivity contribution in [3.63, 3.8) is 0 Å². The lowest BCUT2D eigenvalue weighted by atomic mass is 10.2. The number of ether oxygens (including phenoxy) is 2. The molecule has 2 rings (SSSR count). The maximum absolute atomic E-state index is 13.4. The summed E-state index contributed by atoms with van der Waals surface area (Å²) in [5.74, 6) is -1.56. The van der Waals surface area contributed by atoms with Crippen LogP contribution >= 0.6 is 0 Å². The summed E-state index contributed by atoms with van der Waals surface area (Å²) < 4.78 is 24.0. The Kier molecular flexibility index (Phi) is 5.25. The summed E-state index contributed by atoms with van der Waals surface area (Å²) in [6, 6.07) is 6.54. The molecule has 0 saturated heterocycles. The van der Waals surface area contributed by atoms with Crippen molar-refractivity contribution in [2.75, 3.05) is 13.7 Å². The largest absolute Gasteiger partial charge is 0.489 e. The number of pyridine rings is 1. The highest BCUT2D eigenvalue weighted by Crippen LogP contribution is 2.15. The van der Waals surface area contributed by atoms with E-state index in [1.165, 1.54) is 18.2 Å². The van der Waals surface area contributed by atoms with E-state index in [0.29, 0.717) is 0 Å². The highest BCUT2D eigenvalue weighted by Gasteiger charge is 2.19.